The number of benzene rings is 2. The highest BCUT2D eigenvalue weighted by Crippen LogP contribution is 2.36. The molecule has 0 radical (unpaired) electrons. The van der Waals surface area contributed by atoms with Gasteiger partial charge in [-0.25, -0.2) is 4.98 Å². The van der Waals surface area contributed by atoms with Crippen molar-refractivity contribution in [2.75, 3.05) is 26.8 Å². The van der Waals surface area contributed by atoms with Crippen LogP contribution < -0.4 is 19.6 Å². The molecule has 0 unspecified atom stereocenters. The minimum Gasteiger partial charge on any atom is -0.496 e. The molecule has 0 aliphatic rings. The summed E-state index contributed by atoms with van der Waals surface area (Å²) in [4.78, 5) is 4.56. The zero-order valence-electron chi connectivity index (χ0n) is 15.0. The number of thiazole rings is 1. The van der Waals surface area contributed by atoms with Gasteiger partial charge in [-0.3, -0.25) is 5.43 Å². The standard InChI is InChI=1S/C19H18BrN3O3S/c1-24-16-7-5-4-6-13(16)15-11-27-19(22-15)23-21-10-12-8-14(20)18(26-3)17(9-12)25-2/h4-11H,1-3H3,(H,22,23)/b21-10+. The fourth-order valence-corrected chi connectivity index (χ4v) is 3.76. The summed E-state index contributed by atoms with van der Waals surface area (Å²) >= 11 is 4.94. The van der Waals surface area contributed by atoms with Crippen LogP contribution in [0.3, 0.4) is 0 Å². The minimum atomic E-state index is 0.626. The summed E-state index contributed by atoms with van der Waals surface area (Å²) in [6.07, 6.45) is 1.69. The zero-order chi connectivity index (χ0) is 19.2. The topological polar surface area (TPSA) is 65.0 Å². The molecule has 0 saturated carbocycles. The third-order valence-corrected chi connectivity index (χ3v) is 5.05. The molecule has 140 valence electrons. The Morgan fingerprint density at radius 1 is 1.07 bits per heavy atom. The number of anilines is 1. The fraction of sp³-hybridized carbons (Fsp3) is 0.158. The third-order valence-electron chi connectivity index (χ3n) is 3.72. The van der Waals surface area contributed by atoms with Crippen molar-refractivity contribution in [2.24, 2.45) is 5.10 Å². The van der Waals surface area contributed by atoms with E-state index in [4.69, 9.17) is 14.2 Å². The van der Waals surface area contributed by atoms with E-state index in [0.717, 1.165) is 27.0 Å². The number of hydrogen-bond acceptors (Lipinski definition) is 7. The molecule has 0 aliphatic carbocycles. The van der Waals surface area contributed by atoms with E-state index in [1.807, 2.05) is 41.8 Å². The number of para-hydroxylation sites is 1. The number of hydrazone groups is 1. The van der Waals surface area contributed by atoms with Crippen molar-refractivity contribution in [3.05, 3.63) is 51.8 Å². The summed E-state index contributed by atoms with van der Waals surface area (Å²) in [5, 5.41) is 6.91. The lowest BCUT2D eigenvalue weighted by molar-refractivity contribution is 0.353. The van der Waals surface area contributed by atoms with Crippen LogP contribution in [0.25, 0.3) is 11.3 Å². The molecule has 0 atom stereocenters. The van der Waals surface area contributed by atoms with Crippen LogP contribution in [-0.4, -0.2) is 32.5 Å². The number of nitrogens with zero attached hydrogens (tertiary/aromatic N) is 2. The maximum absolute atomic E-state index is 5.39. The van der Waals surface area contributed by atoms with Gasteiger partial charge < -0.3 is 14.2 Å². The molecule has 27 heavy (non-hydrogen) atoms. The number of halogens is 1. The van der Waals surface area contributed by atoms with Gasteiger partial charge in [0.1, 0.15) is 5.75 Å². The fourth-order valence-electron chi connectivity index (χ4n) is 2.48. The Labute approximate surface area is 169 Å². The molecule has 0 spiro atoms. The van der Waals surface area contributed by atoms with Crippen LogP contribution in [0.15, 0.2) is 51.4 Å². The van der Waals surface area contributed by atoms with Crippen molar-refractivity contribution in [3.63, 3.8) is 0 Å². The van der Waals surface area contributed by atoms with Crippen LogP contribution >= 0.6 is 27.3 Å². The number of rotatable bonds is 7. The van der Waals surface area contributed by atoms with Crippen LogP contribution in [0.5, 0.6) is 17.2 Å². The van der Waals surface area contributed by atoms with E-state index in [9.17, 15) is 0 Å². The highest BCUT2D eigenvalue weighted by molar-refractivity contribution is 9.10. The maximum atomic E-state index is 5.39. The van der Waals surface area contributed by atoms with Gasteiger partial charge in [0.15, 0.2) is 11.5 Å². The lowest BCUT2D eigenvalue weighted by Gasteiger charge is -2.10. The van der Waals surface area contributed by atoms with Crippen LogP contribution in [0.1, 0.15) is 5.56 Å². The summed E-state index contributed by atoms with van der Waals surface area (Å²) in [6.45, 7) is 0. The normalized spacial score (nSPS) is 10.8. The summed E-state index contributed by atoms with van der Waals surface area (Å²) < 4.78 is 16.8. The Bertz CT molecular complexity index is 959. The van der Waals surface area contributed by atoms with Gasteiger partial charge in [-0.15, -0.1) is 11.3 Å². The predicted octanol–water partition coefficient (Wildman–Crippen LogP) is 5.04. The molecule has 1 aromatic heterocycles. The molecular weight excluding hydrogens is 430 g/mol. The first-order chi connectivity index (χ1) is 13.2. The molecule has 0 aliphatic heterocycles. The van der Waals surface area contributed by atoms with Crippen LogP contribution in [0.4, 0.5) is 5.13 Å². The van der Waals surface area contributed by atoms with Crippen molar-refractivity contribution < 1.29 is 14.2 Å². The van der Waals surface area contributed by atoms with Crippen LogP contribution in [0.2, 0.25) is 0 Å². The van der Waals surface area contributed by atoms with E-state index in [-0.39, 0.29) is 0 Å². The Balaban J connectivity index is 1.74. The SMILES string of the molecule is COc1ccccc1-c1csc(N/N=C/c2cc(Br)c(OC)c(OC)c2)n1. The van der Waals surface area contributed by atoms with Crippen molar-refractivity contribution in [1.29, 1.82) is 0 Å². The summed E-state index contributed by atoms with van der Waals surface area (Å²) in [7, 11) is 4.84. The average molecular weight is 448 g/mol. The third kappa shape index (κ3) is 4.40. The highest BCUT2D eigenvalue weighted by atomic mass is 79.9. The summed E-state index contributed by atoms with van der Waals surface area (Å²) in [5.41, 5.74) is 5.59. The quantitative estimate of drug-likeness (QED) is 0.405. The number of aromatic nitrogens is 1. The van der Waals surface area contributed by atoms with Gasteiger partial charge in [0.2, 0.25) is 5.13 Å². The summed E-state index contributed by atoms with van der Waals surface area (Å²) in [5.74, 6) is 2.05. The molecule has 3 rings (SSSR count). The number of hydrogen-bond donors (Lipinski definition) is 1. The minimum absolute atomic E-state index is 0.626. The second-order valence-corrected chi connectivity index (χ2v) is 7.06. The number of ether oxygens (including phenoxy) is 3. The van der Waals surface area contributed by atoms with Gasteiger partial charge in [-0.05, 0) is 45.8 Å². The Kier molecular flexibility index (Phi) is 6.31. The van der Waals surface area contributed by atoms with Gasteiger partial charge >= 0.3 is 0 Å². The molecule has 3 aromatic rings. The van der Waals surface area contributed by atoms with E-state index in [0.29, 0.717) is 16.6 Å². The smallest absolute Gasteiger partial charge is 0.203 e. The first-order valence-corrected chi connectivity index (χ1v) is 9.63. The molecule has 1 heterocycles. The first-order valence-electron chi connectivity index (χ1n) is 7.95. The van der Waals surface area contributed by atoms with Gasteiger partial charge in [0, 0.05) is 10.9 Å². The molecule has 8 heteroatoms. The highest BCUT2D eigenvalue weighted by Gasteiger charge is 2.10. The molecule has 2 aromatic carbocycles. The van der Waals surface area contributed by atoms with Gasteiger partial charge in [0.05, 0.1) is 37.7 Å². The van der Waals surface area contributed by atoms with E-state index in [1.54, 1.807) is 27.5 Å². The average Bonchev–Trinajstić information content (AvgIpc) is 3.16. The van der Waals surface area contributed by atoms with Gasteiger partial charge in [0.25, 0.3) is 0 Å². The monoisotopic (exact) mass is 447 g/mol. The van der Waals surface area contributed by atoms with Gasteiger partial charge in [-0.2, -0.15) is 5.10 Å². The lowest BCUT2D eigenvalue weighted by Crippen LogP contribution is -1.95. The molecule has 0 fully saturated rings. The van der Waals surface area contributed by atoms with E-state index >= 15 is 0 Å². The van der Waals surface area contributed by atoms with Crippen LogP contribution in [0, 0.1) is 0 Å². The molecule has 6 nitrogen and oxygen atoms in total. The molecular formula is C19H18BrN3O3S. The largest absolute Gasteiger partial charge is 0.496 e. The Morgan fingerprint density at radius 2 is 1.85 bits per heavy atom. The Morgan fingerprint density at radius 3 is 2.59 bits per heavy atom. The Hall–Kier alpha value is -2.58. The van der Waals surface area contributed by atoms with E-state index in [1.165, 1.54) is 11.3 Å². The van der Waals surface area contributed by atoms with Crippen molar-refractivity contribution in [2.45, 2.75) is 0 Å². The van der Waals surface area contributed by atoms with Crippen molar-refractivity contribution in [3.8, 4) is 28.5 Å². The number of methoxy groups -OCH3 is 3. The molecule has 0 amide bonds. The van der Waals surface area contributed by atoms with Crippen molar-refractivity contribution >= 4 is 38.6 Å². The van der Waals surface area contributed by atoms with E-state index < -0.39 is 0 Å². The number of nitrogens with one attached hydrogen (secondary N) is 1. The van der Waals surface area contributed by atoms with Crippen molar-refractivity contribution in [1.82, 2.24) is 4.98 Å². The maximum Gasteiger partial charge on any atom is 0.203 e. The molecule has 0 bridgehead atoms. The molecule has 1 N–H and O–H groups in total. The van der Waals surface area contributed by atoms with Crippen LogP contribution in [-0.2, 0) is 0 Å². The second-order valence-electron chi connectivity index (χ2n) is 5.35. The zero-order valence-corrected chi connectivity index (χ0v) is 17.4. The van der Waals surface area contributed by atoms with Gasteiger partial charge in [-0.1, -0.05) is 12.1 Å². The van der Waals surface area contributed by atoms with E-state index in [2.05, 4.69) is 31.4 Å². The molecule has 0 saturated heterocycles. The lowest BCUT2D eigenvalue weighted by atomic mass is 10.1. The summed E-state index contributed by atoms with van der Waals surface area (Å²) in [6, 6.07) is 11.5. The predicted molar refractivity (Wildman–Crippen MR) is 113 cm³/mol. The first kappa shape index (κ1) is 19.2. The second kappa shape index (κ2) is 8.88.